The lowest BCUT2D eigenvalue weighted by molar-refractivity contribution is 0.107. The van der Waals surface area contributed by atoms with Gasteiger partial charge in [-0.3, -0.25) is 4.90 Å². The molecule has 1 unspecified atom stereocenters. The van der Waals surface area contributed by atoms with Crippen LogP contribution in [0.1, 0.15) is 37.7 Å². The van der Waals surface area contributed by atoms with Crippen molar-refractivity contribution >= 4 is 27.5 Å². The summed E-state index contributed by atoms with van der Waals surface area (Å²) >= 11 is 0. The molecule has 7 nitrogen and oxygen atoms in total. The van der Waals surface area contributed by atoms with Gasteiger partial charge in [0.2, 0.25) is 0 Å². The largest absolute Gasteiger partial charge is 0.508 e. The van der Waals surface area contributed by atoms with E-state index in [2.05, 4.69) is 20.8 Å². The number of hydrogen-bond acceptors (Lipinski definition) is 7. The molecule has 0 saturated carbocycles. The normalized spacial score (nSPS) is 24.0. The summed E-state index contributed by atoms with van der Waals surface area (Å²) in [6.07, 6.45) is 7.66. The first-order valence-electron chi connectivity index (χ1n) is 14.6. The second kappa shape index (κ2) is 10.6. The van der Waals surface area contributed by atoms with Gasteiger partial charge in [0.25, 0.3) is 0 Å². The van der Waals surface area contributed by atoms with Crippen LogP contribution in [-0.2, 0) is 0 Å². The molecule has 0 bridgehead atoms. The molecule has 4 aromatic rings. The van der Waals surface area contributed by atoms with Gasteiger partial charge < -0.3 is 19.8 Å². The molecule has 3 atom stereocenters. The van der Waals surface area contributed by atoms with E-state index in [0.717, 1.165) is 25.8 Å². The molecule has 3 fully saturated rings. The first-order valence-corrected chi connectivity index (χ1v) is 14.6. The molecule has 10 heteroatoms. The van der Waals surface area contributed by atoms with Crippen LogP contribution in [0.4, 0.5) is 19.0 Å². The van der Waals surface area contributed by atoms with Gasteiger partial charge in [-0.05, 0) is 67.4 Å². The smallest absolute Gasteiger partial charge is 0.319 e. The van der Waals surface area contributed by atoms with Crippen molar-refractivity contribution in [3.05, 3.63) is 53.6 Å². The molecule has 2 N–H and O–H groups in total. The van der Waals surface area contributed by atoms with E-state index in [1.54, 1.807) is 12.1 Å². The van der Waals surface area contributed by atoms with Crippen LogP contribution in [0.25, 0.3) is 32.8 Å². The Morgan fingerprint density at radius 1 is 1.07 bits per heavy atom. The second-order valence-corrected chi connectivity index (χ2v) is 11.9. The Hall–Kier alpha value is -4.07. The molecule has 0 aliphatic carbocycles. The fourth-order valence-corrected chi connectivity index (χ4v) is 7.21. The number of hydrogen-bond donors (Lipinski definition) is 2. The van der Waals surface area contributed by atoms with Crippen LogP contribution in [0.2, 0.25) is 0 Å². The van der Waals surface area contributed by atoms with Crippen molar-refractivity contribution in [1.29, 1.82) is 0 Å². The molecule has 1 aromatic heterocycles. The van der Waals surface area contributed by atoms with Crippen LogP contribution in [0.5, 0.6) is 11.8 Å². The van der Waals surface area contributed by atoms with Crippen LogP contribution in [0.3, 0.4) is 0 Å². The summed E-state index contributed by atoms with van der Waals surface area (Å²) in [5.41, 5.74) is -0.219. The number of phenols is 1. The molecule has 43 heavy (non-hydrogen) atoms. The summed E-state index contributed by atoms with van der Waals surface area (Å²) in [5, 5.41) is 22.1. The molecule has 0 radical (unpaired) electrons. The minimum Gasteiger partial charge on any atom is -0.508 e. The van der Waals surface area contributed by atoms with Crippen LogP contribution in [0.15, 0.2) is 36.4 Å². The van der Waals surface area contributed by atoms with Crippen molar-refractivity contribution in [2.24, 2.45) is 0 Å². The van der Waals surface area contributed by atoms with E-state index in [1.807, 2.05) is 4.90 Å². The zero-order valence-electron chi connectivity index (χ0n) is 23.5. The van der Waals surface area contributed by atoms with Crippen molar-refractivity contribution < 1.29 is 28.1 Å². The molecule has 0 amide bonds. The Morgan fingerprint density at radius 3 is 2.74 bits per heavy atom. The Kier molecular flexibility index (Phi) is 6.83. The number of aliphatic hydroxyl groups excluding tert-OH is 1. The molecular weight excluding hydrogens is 557 g/mol. The maximum Gasteiger partial charge on any atom is 0.319 e. The minimum atomic E-state index is -0.929. The quantitative estimate of drug-likeness (QED) is 0.305. The highest BCUT2D eigenvalue weighted by atomic mass is 19.1. The monoisotopic (exact) mass is 588 g/mol. The van der Waals surface area contributed by atoms with Gasteiger partial charge in [-0.15, -0.1) is 6.42 Å². The van der Waals surface area contributed by atoms with E-state index in [9.17, 15) is 19.0 Å². The molecule has 3 aromatic carbocycles. The summed E-state index contributed by atoms with van der Waals surface area (Å²) in [5.74, 6) is 1.32. The van der Waals surface area contributed by atoms with E-state index >= 15 is 4.39 Å². The number of alkyl halides is 1. The number of halogens is 3. The van der Waals surface area contributed by atoms with Crippen molar-refractivity contribution in [2.75, 3.05) is 37.7 Å². The highest BCUT2D eigenvalue weighted by Crippen LogP contribution is 2.42. The zero-order chi connectivity index (χ0) is 29.9. The summed E-state index contributed by atoms with van der Waals surface area (Å²) in [6, 6.07) is 8.68. The molecule has 222 valence electrons. The number of anilines is 1. The van der Waals surface area contributed by atoms with E-state index in [-0.39, 0.29) is 40.6 Å². The molecule has 7 rings (SSSR count). The summed E-state index contributed by atoms with van der Waals surface area (Å²) in [7, 11) is 0. The number of piperidine rings is 1. The molecule has 3 aliphatic heterocycles. The number of ether oxygens (including phenoxy) is 1. The Morgan fingerprint density at radius 2 is 1.93 bits per heavy atom. The maximum atomic E-state index is 16.7. The first-order chi connectivity index (χ1) is 20.8. The Labute approximate surface area is 246 Å². The summed E-state index contributed by atoms with van der Waals surface area (Å²) in [6.45, 7) is 2.27. The van der Waals surface area contributed by atoms with Crippen LogP contribution in [-0.4, -0.2) is 75.7 Å². The Balaban J connectivity index is 1.38. The standard InChI is InChI=1S/C33H31F3N4O3/c1-2-23-27(35)9-6-19-13-22(42)14-26(28(19)23)24-7-8-25-30(29(24)36)37-32(38-31(25)39-11-3-5-21(41)17-39)43-18-33-10-4-12-40(33)16-20(34)15-33/h1,6-9,13-14,20-21,41-42H,3-5,10-12,15-18H2/t20?,21-,33-/m0/s1. The number of benzene rings is 3. The third-order valence-corrected chi connectivity index (χ3v) is 9.18. The SMILES string of the molecule is C#Cc1c(F)ccc2cc(O)cc(-c3ccc4c(N5CCC[C@H](O)C5)nc(OC[C@@]56CCCN5CC(F)C6)nc4c3F)c12. The number of aromatic hydroxyl groups is 1. The van der Waals surface area contributed by atoms with Crippen LogP contribution < -0.4 is 9.64 Å². The van der Waals surface area contributed by atoms with Crippen LogP contribution >= 0.6 is 0 Å². The number of aliphatic hydroxyl groups is 1. The third-order valence-electron chi connectivity index (χ3n) is 9.18. The summed E-state index contributed by atoms with van der Waals surface area (Å²) in [4.78, 5) is 13.2. The van der Waals surface area contributed by atoms with Gasteiger partial charge in [0.1, 0.15) is 35.7 Å². The summed E-state index contributed by atoms with van der Waals surface area (Å²) < 4.78 is 51.9. The Bertz CT molecular complexity index is 1790. The topological polar surface area (TPSA) is 82.0 Å². The lowest BCUT2D eigenvalue weighted by Gasteiger charge is -2.33. The van der Waals surface area contributed by atoms with Crippen LogP contribution in [0, 0.1) is 24.0 Å². The van der Waals surface area contributed by atoms with E-state index in [4.69, 9.17) is 11.2 Å². The highest BCUT2D eigenvalue weighted by Gasteiger charge is 2.49. The molecule has 3 saturated heterocycles. The van der Waals surface area contributed by atoms with Gasteiger partial charge in [0.15, 0.2) is 5.82 Å². The minimum absolute atomic E-state index is 0.0247. The number of β-amino-alcohol motifs (C(OH)–C–C–N with tert-alkyl or cyclic N) is 1. The van der Waals surface area contributed by atoms with Gasteiger partial charge in [0, 0.05) is 42.4 Å². The van der Waals surface area contributed by atoms with Crippen molar-refractivity contribution in [3.8, 4) is 35.2 Å². The van der Waals surface area contributed by atoms with Gasteiger partial charge in [-0.1, -0.05) is 18.1 Å². The molecule has 3 aliphatic rings. The number of nitrogens with zero attached hydrogens (tertiary/aromatic N) is 4. The van der Waals surface area contributed by atoms with E-state index in [1.165, 1.54) is 24.3 Å². The van der Waals surface area contributed by atoms with Crippen molar-refractivity contribution in [1.82, 2.24) is 14.9 Å². The molecule has 0 spiro atoms. The number of terminal acetylenes is 1. The predicted octanol–water partition coefficient (Wildman–Crippen LogP) is 5.33. The first kappa shape index (κ1) is 27.7. The number of rotatable bonds is 5. The average Bonchev–Trinajstić information content (AvgIpc) is 3.51. The maximum absolute atomic E-state index is 16.7. The fraction of sp³-hybridized carbons (Fsp3) is 0.394. The molecular formula is C33H31F3N4O3. The van der Waals surface area contributed by atoms with Crippen molar-refractivity contribution in [3.63, 3.8) is 0 Å². The number of phenolic OH excluding ortho intramolecular Hbond substituents is 1. The third kappa shape index (κ3) is 4.71. The lowest BCUT2D eigenvalue weighted by Crippen LogP contribution is -2.43. The zero-order valence-corrected chi connectivity index (χ0v) is 23.5. The van der Waals surface area contributed by atoms with Gasteiger partial charge >= 0.3 is 6.01 Å². The van der Waals surface area contributed by atoms with Gasteiger partial charge in [-0.2, -0.15) is 9.97 Å². The van der Waals surface area contributed by atoms with E-state index < -0.39 is 29.4 Å². The predicted molar refractivity (Wildman–Crippen MR) is 158 cm³/mol. The number of fused-ring (bicyclic) bond motifs is 3. The highest BCUT2D eigenvalue weighted by molar-refractivity contribution is 6.04. The average molecular weight is 589 g/mol. The fourth-order valence-electron chi connectivity index (χ4n) is 7.21. The van der Waals surface area contributed by atoms with Crippen molar-refractivity contribution in [2.45, 2.75) is 49.9 Å². The van der Waals surface area contributed by atoms with Gasteiger partial charge in [-0.25, -0.2) is 13.2 Å². The van der Waals surface area contributed by atoms with E-state index in [0.29, 0.717) is 54.5 Å². The number of aromatic nitrogens is 2. The second-order valence-electron chi connectivity index (χ2n) is 11.9. The lowest BCUT2D eigenvalue weighted by atomic mass is 9.93. The molecule has 4 heterocycles. The van der Waals surface area contributed by atoms with Gasteiger partial charge in [0.05, 0.1) is 17.2 Å².